The monoisotopic (exact) mass is 432 g/mol. The van der Waals surface area contributed by atoms with Gasteiger partial charge < -0.3 is 10.6 Å². The summed E-state index contributed by atoms with van der Waals surface area (Å²) in [6.45, 7) is 12.3. The topological polar surface area (TPSA) is 24.1 Å². The number of nitrogens with one attached hydrogen (secondary N) is 2. The van der Waals surface area contributed by atoms with Gasteiger partial charge in [-0.1, -0.05) is 51.0 Å². The first kappa shape index (κ1) is 23.8. The van der Waals surface area contributed by atoms with Crippen LogP contribution in [-0.4, -0.2) is 13.1 Å². The molecule has 3 heteroatoms. The molecule has 3 rings (SSSR count). The lowest BCUT2D eigenvalue weighted by Crippen LogP contribution is -2.03. The van der Waals surface area contributed by atoms with Crippen molar-refractivity contribution in [3.63, 3.8) is 0 Å². The van der Waals surface area contributed by atoms with Gasteiger partial charge in [-0.3, -0.25) is 0 Å². The molecule has 3 aromatic carbocycles. The van der Waals surface area contributed by atoms with Crippen LogP contribution in [0, 0.1) is 26.6 Å². The van der Waals surface area contributed by atoms with E-state index in [-0.39, 0.29) is 5.82 Å². The molecule has 0 fully saturated rings. The second-order valence-corrected chi connectivity index (χ2v) is 8.65. The van der Waals surface area contributed by atoms with Crippen LogP contribution in [0.5, 0.6) is 0 Å². The Labute approximate surface area is 193 Å². The Balaban J connectivity index is 1.91. The Morgan fingerprint density at radius 3 is 1.44 bits per heavy atom. The Hall–Kier alpha value is -2.81. The minimum atomic E-state index is -0.125. The molecule has 0 aromatic heterocycles. The van der Waals surface area contributed by atoms with Gasteiger partial charge in [0, 0.05) is 30.0 Å². The van der Waals surface area contributed by atoms with Gasteiger partial charge in [0.25, 0.3) is 0 Å². The van der Waals surface area contributed by atoms with Crippen LogP contribution in [0.2, 0.25) is 0 Å². The molecule has 0 unspecified atom stereocenters. The van der Waals surface area contributed by atoms with Crippen molar-refractivity contribution in [3.05, 3.63) is 71.0 Å². The van der Waals surface area contributed by atoms with Gasteiger partial charge in [-0.15, -0.1) is 0 Å². The van der Waals surface area contributed by atoms with E-state index in [0.29, 0.717) is 11.1 Å². The third kappa shape index (κ3) is 5.32. The second kappa shape index (κ2) is 11.2. The predicted molar refractivity (Wildman–Crippen MR) is 138 cm³/mol. The molecule has 0 saturated carbocycles. The normalized spacial score (nSPS) is 10.9. The van der Waals surface area contributed by atoms with Crippen molar-refractivity contribution in [1.29, 1.82) is 0 Å². The van der Waals surface area contributed by atoms with Crippen LogP contribution < -0.4 is 10.6 Å². The molecule has 32 heavy (non-hydrogen) atoms. The fourth-order valence-corrected chi connectivity index (χ4v) is 4.22. The average molecular weight is 433 g/mol. The first-order valence-electron chi connectivity index (χ1n) is 12.0. The standard InChI is InChI=1S/C29H37FN2/c1-6-8-18-31-25-14-10-23(11-15-25)27-20(3)21(4)28(29(30)22(27)5)24-12-16-26(17-13-24)32-19-9-7-2/h10-17,31-32H,6-9,18-19H2,1-5H3. The fourth-order valence-electron chi connectivity index (χ4n) is 4.22. The summed E-state index contributed by atoms with van der Waals surface area (Å²) in [5, 5.41) is 6.88. The van der Waals surface area contributed by atoms with Gasteiger partial charge in [0.05, 0.1) is 0 Å². The molecule has 0 saturated heterocycles. The van der Waals surface area contributed by atoms with Crippen LogP contribution in [0.1, 0.15) is 56.2 Å². The molecular formula is C29H37FN2. The van der Waals surface area contributed by atoms with Crippen LogP contribution in [0.15, 0.2) is 48.5 Å². The van der Waals surface area contributed by atoms with Crippen molar-refractivity contribution >= 4 is 11.4 Å². The van der Waals surface area contributed by atoms with Crippen molar-refractivity contribution < 1.29 is 4.39 Å². The largest absolute Gasteiger partial charge is 0.385 e. The van der Waals surface area contributed by atoms with Gasteiger partial charge in [0.2, 0.25) is 0 Å². The van der Waals surface area contributed by atoms with Crippen molar-refractivity contribution in [2.75, 3.05) is 23.7 Å². The highest BCUT2D eigenvalue weighted by Crippen LogP contribution is 2.39. The lowest BCUT2D eigenvalue weighted by molar-refractivity contribution is 0.621. The van der Waals surface area contributed by atoms with Crippen molar-refractivity contribution in [2.45, 2.75) is 60.3 Å². The highest BCUT2D eigenvalue weighted by atomic mass is 19.1. The van der Waals surface area contributed by atoms with E-state index in [1.807, 2.05) is 38.1 Å². The van der Waals surface area contributed by atoms with Crippen LogP contribution in [-0.2, 0) is 0 Å². The number of hydrogen-bond donors (Lipinski definition) is 2. The molecule has 3 aromatic rings. The Kier molecular flexibility index (Phi) is 8.33. The lowest BCUT2D eigenvalue weighted by atomic mass is 9.86. The summed E-state index contributed by atoms with van der Waals surface area (Å²) in [5.41, 5.74) is 8.73. The molecule has 2 nitrogen and oxygen atoms in total. The van der Waals surface area contributed by atoms with E-state index < -0.39 is 0 Å². The van der Waals surface area contributed by atoms with Gasteiger partial charge in [-0.25, -0.2) is 4.39 Å². The SMILES string of the molecule is CCCCNc1ccc(-c2c(C)c(C)c(-c3ccc(NCCCC)cc3)c(F)c2C)cc1. The number of anilines is 2. The van der Waals surface area contributed by atoms with E-state index in [2.05, 4.69) is 55.7 Å². The summed E-state index contributed by atoms with van der Waals surface area (Å²) in [5.74, 6) is -0.125. The minimum absolute atomic E-state index is 0.125. The number of halogens is 1. The van der Waals surface area contributed by atoms with Gasteiger partial charge in [-0.05, 0) is 91.3 Å². The first-order valence-corrected chi connectivity index (χ1v) is 12.0. The second-order valence-electron chi connectivity index (χ2n) is 8.65. The molecule has 0 aliphatic rings. The molecule has 0 atom stereocenters. The molecular weight excluding hydrogens is 395 g/mol. The van der Waals surface area contributed by atoms with Gasteiger partial charge in [0.15, 0.2) is 0 Å². The molecule has 170 valence electrons. The highest BCUT2D eigenvalue weighted by Gasteiger charge is 2.19. The van der Waals surface area contributed by atoms with Crippen LogP contribution in [0.25, 0.3) is 22.3 Å². The molecule has 0 spiro atoms. The molecule has 0 amide bonds. The van der Waals surface area contributed by atoms with Crippen LogP contribution >= 0.6 is 0 Å². The van der Waals surface area contributed by atoms with Crippen molar-refractivity contribution in [1.82, 2.24) is 0 Å². The summed E-state index contributed by atoms with van der Waals surface area (Å²) in [6, 6.07) is 16.5. The molecule has 2 N–H and O–H groups in total. The van der Waals surface area contributed by atoms with E-state index >= 15 is 4.39 Å². The maximum absolute atomic E-state index is 15.7. The molecule has 0 aliphatic carbocycles. The number of benzene rings is 3. The van der Waals surface area contributed by atoms with Crippen molar-refractivity contribution in [3.8, 4) is 22.3 Å². The maximum atomic E-state index is 15.7. The summed E-state index contributed by atoms with van der Waals surface area (Å²) in [7, 11) is 0. The Bertz CT molecular complexity index is 907. The van der Waals surface area contributed by atoms with Crippen LogP contribution in [0.4, 0.5) is 15.8 Å². The summed E-state index contributed by atoms with van der Waals surface area (Å²) >= 11 is 0. The van der Waals surface area contributed by atoms with Crippen LogP contribution in [0.3, 0.4) is 0 Å². The fraction of sp³-hybridized carbons (Fsp3) is 0.379. The van der Waals surface area contributed by atoms with E-state index in [1.165, 1.54) is 12.8 Å². The quantitative estimate of drug-likeness (QED) is 0.314. The zero-order chi connectivity index (χ0) is 23.1. The van der Waals surface area contributed by atoms with E-state index in [4.69, 9.17) is 0 Å². The average Bonchev–Trinajstić information content (AvgIpc) is 2.80. The third-order valence-electron chi connectivity index (χ3n) is 6.30. The molecule has 0 radical (unpaired) electrons. The third-order valence-corrected chi connectivity index (χ3v) is 6.30. The zero-order valence-electron chi connectivity index (χ0n) is 20.2. The van der Waals surface area contributed by atoms with Gasteiger partial charge in [-0.2, -0.15) is 0 Å². The Morgan fingerprint density at radius 2 is 1.00 bits per heavy atom. The lowest BCUT2D eigenvalue weighted by Gasteiger charge is -2.19. The van der Waals surface area contributed by atoms with E-state index in [1.54, 1.807) is 0 Å². The number of hydrogen-bond acceptors (Lipinski definition) is 2. The molecule has 0 bridgehead atoms. The molecule has 0 heterocycles. The predicted octanol–water partition coefficient (Wildman–Crippen LogP) is 8.51. The number of rotatable bonds is 10. The summed E-state index contributed by atoms with van der Waals surface area (Å²) in [4.78, 5) is 0. The molecule has 0 aliphatic heterocycles. The first-order chi connectivity index (χ1) is 15.5. The van der Waals surface area contributed by atoms with E-state index in [0.717, 1.165) is 65.1 Å². The van der Waals surface area contributed by atoms with Gasteiger partial charge in [0.1, 0.15) is 5.82 Å². The smallest absolute Gasteiger partial charge is 0.134 e. The maximum Gasteiger partial charge on any atom is 0.134 e. The Morgan fingerprint density at radius 1 is 0.594 bits per heavy atom. The minimum Gasteiger partial charge on any atom is -0.385 e. The highest BCUT2D eigenvalue weighted by molar-refractivity contribution is 5.81. The van der Waals surface area contributed by atoms with E-state index in [9.17, 15) is 0 Å². The summed E-state index contributed by atoms with van der Waals surface area (Å²) < 4.78 is 15.7. The van der Waals surface area contributed by atoms with Crippen molar-refractivity contribution in [2.24, 2.45) is 0 Å². The van der Waals surface area contributed by atoms with Gasteiger partial charge >= 0.3 is 0 Å². The zero-order valence-corrected chi connectivity index (χ0v) is 20.2. The summed E-state index contributed by atoms with van der Waals surface area (Å²) in [6.07, 6.45) is 4.64. The number of unbranched alkanes of at least 4 members (excludes halogenated alkanes) is 2.